The fraction of sp³-hybridized carbons (Fsp3) is 0.308. The maximum absolute atomic E-state index is 13.5. The van der Waals surface area contributed by atoms with Gasteiger partial charge in [0.15, 0.2) is 0 Å². The minimum absolute atomic E-state index is 0.177. The number of para-hydroxylation sites is 2. The van der Waals surface area contributed by atoms with Gasteiger partial charge in [0.1, 0.15) is 29.7 Å². The van der Waals surface area contributed by atoms with E-state index < -0.39 is 5.41 Å². The van der Waals surface area contributed by atoms with Crippen LogP contribution in [0, 0.1) is 18.3 Å². The fourth-order valence-corrected chi connectivity index (χ4v) is 5.38. The lowest BCUT2D eigenvalue weighted by Crippen LogP contribution is -2.49. The maximum Gasteiger partial charge on any atom is 0.244 e. The van der Waals surface area contributed by atoms with Crippen molar-refractivity contribution in [1.29, 1.82) is 5.26 Å². The second kappa shape index (κ2) is 7.76. The number of rotatable bonds is 4. The Morgan fingerprint density at radius 2 is 1.91 bits per heavy atom. The average molecular weight is 427 g/mol. The molecule has 1 atom stereocenters. The summed E-state index contributed by atoms with van der Waals surface area (Å²) in [5, 5.41) is 13.2. The number of amides is 1. The lowest BCUT2D eigenvalue weighted by molar-refractivity contribution is -0.118. The molecule has 1 spiro atoms. The summed E-state index contributed by atoms with van der Waals surface area (Å²) in [6, 6.07) is 17.8. The number of nitrogens with zero attached hydrogens (tertiary/aromatic N) is 2. The number of benzene rings is 2. The van der Waals surface area contributed by atoms with Crippen LogP contribution in [0.4, 0.5) is 5.69 Å². The molecule has 1 aliphatic carbocycles. The summed E-state index contributed by atoms with van der Waals surface area (Å²) < 4.78 is 6.03. The topological polar surface area (TPSA) is 91.4 Å². The third-order valence-electron chi connectivity index (χ3n) is 6.84. The minimum Gasteiger partial charge on any atom is -0.491 e. The Bertz CT molecular complexity index is 1210. The third kappa shape index (κ3) is 2.81. The van der Waals surface area contributed by atoms with Crippen molar-refractivity contribution in [3.05, 3.63) is 82.3 Å². The number of nitrogens with two attached hydrogens (primary N) is 1. The summed E-state index contributed by atoms with van der Waals surface area (Å²) >= 11 is 0. The molecule has 0 radical (unpaired) electrons. The number of carbonyl (C=O) groups is 1. The summed E-state index contributed by atoms with van der Waals surface area (Å²) in [5.74, 6) is 1.02. The molecule has 3 aliphatic rings. The van der Waals surface area contributed by atoms with Gasteiger partial charge in [-0.05, 0) is 55.9 Å². The van der Waals surface area contributed by atoms with Crippen LogP contribution in [0.15, 0.2) is 71.2 Å². The molecule has 5 rings (SSSR count). The zero-order valence-corrected chi connectivity index (χ0v) is 18.1. The van der Waals surface area contributed by atoms with Gasteiger partial charge in [0.05, 0.1) is 12.1 Å². The highest BCUT2D eigenvalue weighted by molar-refractivity contribution is 6.12. The summed E-state index contributed by atoms with van der Waals surface area (Å²) in [6.07, 6.45) is 3.62. The first-order valence-corrected chi connectivity index (χ1v) is 11.1. The summed E-state index contributed by atoms with van der Waals surface area (Å²) in [5.41, 5.74) is 10.6. The van der Waals surface area contributed by atoms with Crippen molar-refractivity contribution < 1.29 is 9.53 Å². The number of nitrogens with one attached hydrogen (secondary N) is 1. The molecule has 2 aromatic rings. The Morgan fingerprint density at radius 3 is 2.72 bits per heavy atom. The smallest absolute Gasteiger partial charge is 0.244 e. The quantitative estimate of drug-likeness (QED) is 0.768. The number of carbonyl (C=O) groups excluding carboxylic acids is 1. The molecule has 0 saturated heterocycles. The number of allylic oxidation sites excluding steroid dienone is 1. The van der Waals surface area contributed by atoms with Gasteiger partial charge in [-0.25, -0.2) is 0 Å². The SMILES string of the molecule is Cc1ccccc1OCCN1C(N)=C(C#N)[C@@]2(C(=O)Nc3ccccc32)C2=C1CCCC2. The molecule has 2 aliphatic heterocycles. The molecule has 3 N–H and O–H groups in total. The van der Waals surface area contributed by atoms with Crippen LogP contribution >= 0.6 is 0 Å². The molecular weight excluding hydrogens is 400 g/mol. The number of hydrogen-bond acceptors (Lipinski definition) is 5. The van der Waals surface area contributed by atoms with Gasteiger partial charge in [-0.15, -0.1) is 0 Å². The predicted molar refractivity (Wildman–Crippen MR) is 122 cm³/mol. The molecule has 0 aromatic heterocycles. The maximum atomic E-state index is 13.5. The Kier molecular flexibility index (Phi) is 4.90. The van der Waals surface area contributed by atoms with Gasteiger partial charge in [-0.2, -0.15) is 5.26 Å². The molecule has 0 bridgehead atoms. The van der Waals surface area contributed by atoms with Crippen LogP contribution in [0.2, 0.25) is 0 Å². The van der Waals surface area contributed by atoms with E-state index >= 15 is 0 Å². The highest BCUT2D eigenvalue weighted by atomic mass is 16.5. The number of anilines is 1. The zero-order valence-electron chi connectivity index (χ0n) is 18.1. The standard InChI is InChI=1S/C26H26N4O2/c1-17-8-2-7-13-23(17)32-15-14-30-22-12-6-4-10-19(22)26(20(16-27)24(30)28)18-9-3-5-11-21(18)29-25(26)31/h2-3,5,7-9,11,13H,4,6,10,12,14-15,28H2,1H3,(H,29,31)/t26-/m0/s1. The molecule has 1 amide bonds. The van der Waals surface area contributed by atoms with Gasteiger partial charge in [0, 0.05) is 16.9 Å². The van der Waals surface area contributed by atoms with Gasteiger partial charge >= 0.3 is 0 Å². The van der Waals surface area contributed by atoms with Gasteiger partial charge in [-0.3, -0.25) is 4.79 Å². The van der Waals surface area contributed by atoms with Crippen LogP contribution in [0.25, 0.3) is 0 Å². The Hall–Kier alpha value is -3.72. The Labute approximate surface area is 188 Å². The summed E-state index contributed by atoms with van der Waals surface area (Å²) in [4.78, 5) is 15.5. The molecule has 6 nitrogen and oxygen atoms in total. The van der Waals surface area contributed by atoms with Gasteiger partial charge < -0.3 is 20.7 Å². The highest BCUT2D eigenvalue weighted by Gasteiger charge is 2.57. The number of hydrogen-bond donors (Lipinski definition) is 2. The molecule has 162 valence electrons. The third-order valence-corrected chi connectivity index (χ3v) is 6.84. The molecule has 0 saturated carbocycles. The van der Waals surface area contributed by atoms with Gasteiger partial charge in [0.25, 0.3) is 0 Å². The molecule has 2 heterocycles. The zero-order chi connectivity index (χ0) is 22.3. The van der Waals surface area contributed by atoms with Crippen LogP contribution in [0.5, 0.6) is 5.75 Å². The van der Waals surface area contributed by atoms with Crippen LogP contribution in [-0.2, 0) is 10.2 Å². The predicted octanol–water partition coefficient (Wildman–Crippen LogP) is 4.10. The van der Waals surface area contributed by atoms with Crippen molar-refractivity contribution in [1.82, 2.24) is 4.90 Å². The molecule has 0 fully saturated rings. The van der Waals surface area contributed by atoms with Crippen molar-refractivity contribution in [2.75, 3.05) is 18.5 Å². The van der Waals surface area contributed by atoms with Crippen LogP contribution in [0.1, 0.15) is 36.8 Å². The van der Waals surface area contributed by atoms with Crippen molar-refractivity contribution in [2.45, 2.75) is 38.0 Å². The van der Waals surface area contributed by atoms with Crippen molar-refractivity contribution in [3.8, 4) is 11.8 Å². The second-order valence-electron chi connectivity index (χ2n) is 8.52. The van der Waals surface area contributed by atoms with Gasteiger partial charge in [0.2, 0.25) is 5.91 Å². The first kappa shape index (κ1) is 20.2. The van der Waals surface area contributed by atoms with E-state index in [1.807, 2.05) is 60.4 Å². The highest BCUT2D eigenvalue weighted by Crippen LogP contribution is 2.55. The van der Waals surface area contributed by atoms with Crippen molar-refractivity contribution in [2.24, 2.45) is 5.73 Å². The number of fused-ring (bicyclic) bond motifs is 3. The second-order valence-corrected chi connectivity index (χ2v) is 8.52. The van der Waals surface area contributed by atoms with E-state index in [-0.39, 0.29) is 5.91 Å². The summed E-state index contributed by atoms with van der Waals surface area (Å²) in [7, 11) is 0. The number of nitriles is 1. The number of aryl methyl sites for hydroxylation is 1. The molecule has 0 unspecified atom stereocenters. The van der Waals surface area contributed by atoms with E-state index in [0.29, 0.717) is 24.5 Å². The largest absolute Gasteiger partial charge is 0.491 e. The monoisotopic (exact) mass is 426 g/mol. The fourth-order valence-electron chi connectivity index (χ4n) is 5.38. The number of ether oxygens (including phenoxy) is 1. The Balaban J connectivity index is 1.56. The summed E-state index contributed by atoms with van der Waals surface area (Å²) in [6.45, 7) is 2.96. The molecule has 6 heteroatoms. The van der Waals surface area contributed by atoms with E-state index in [2.05, 4.69) is 11.4 Å². The first-order chi connectivity index (χ1) is 15.6. The van der Waals surface area contributed by atoms with Crippen molar-refractivity contribution >= 4 is 11.6 Å². The van der Waals surface area contributed by atoms with E-state index in [9.17, 15) is 10.1 Å². The van der Waals surface area contributed by atoms with Crippen LogP contribution in [0.3, 0.4) is 0 Å². The average Bonchev–Trinajstić information content (AvgIpc) is 3.10. The van der Waals surface area contributed by atoms with Gasteiger partial charge in [-0.1, -0.05) is 36.4 Å². The minimum atomic E-state index is -1.13. The molecule has 2 aromatic carbocycles. The van der Waals surface area contributed by atoms with E-state index in [4.69, 9.17) is 10.5 Å². The van der Waals surface area contributed by atoms with Crippen LogP contribution < -0.4 is 15.8 Å². The molecular formula is C26H26N4O2. The van der Waals surface area contributed by atoms with Crippen LogP contribution in [-0.4, -0.2) is 24.0 Å². The lowest BCUT2D eigenvalue weighted by Gasteiger charge is -2.44. The lowest BCUT2D eigenvalue weighted by atomic mass is 9.64. The Morgan fingerprint density at radius 1 is 1.16 bits per heavy atom. The normalized spacial score (nSPS) is 21.9. The van der Waals surface area contributed by atoms with Crippen molar-refractivity contribution in [3.63, 3.8) is 0 Å². The molecule has 32 heavy (non-hydrogen) atoms. The first-order valence-electron chi connectivity index (χ1n) is 11.1. The van der Waals surface area contributed by atoms with E-state index in [0.717, 1.165) is 59.5 Å². The van der Waals surface area contributed by atoms with E-state index in [1.165, 1.54) is 0 Å². The van der Waals surface area contributed by atoms with E-state index in [1.54, 1.807) is 0 Å².